The molecule has 2 aliphatic rings. The van der Waals surface area contributed by atoms with Crippen LogP contribution in [0.15, 0.2) is 72.9 Å². The molecule has 8 nitrogen and oxygen atoms in total. The lowest BCUT2D eigenvalue weighted by atomic mass is 9.80. The van der Waals surface area contributed by atoms with Crippen molar-refractivity contribution < 1.29 is 24.5 Å². The number of aromatic nitrogens is 1. The van der Waals surface area contributed by atoms with Gasteiger partial charge in [-0.15, -0.1) is 0 Å². The van der Waals surface area contributed by atoms with Crippen molar-refractivity contribution in [2.24, 2.45) is 5.73 Å². The number of hydrogen-bond acceptors (Lipinski definition) is 5. The number of hydrogen-bond donors (Lipinski definition) is 3. The second-order valence-corrected chi connectivity index (χ2v) is 12.1. The summed E-state index contributed by atoms with van der Waals surface area (Å²) in [4.78, 5) is 28.7. The minimum Gasteiger partial charge on any atom is -0.465 e. The molecule has 3 aromatic rings. The molecule has 1 saturated heterocycles. The van der Waals surface area contributed by atoms with Gasteiger partial charge in [0.05, 0.1) is 11.6 Å². The van der Waals surface area contributed by atoms with Gasteiger partial charge >= 0.3 is 12.2 Å². The van der Waals surface area contributed by atoms with E-state index in [9.17, 15) is 9.90 Å². The third kappa shape index (κ3) is 7.88. The Morgan fingerprint density at radius 2 is 1.67 bits per heavy atom. The Labute approximate surface area is 248 Å². The van der Waals surface area contributed by atoms with Gasteiger partial charge < -0.3 is 25.6 Å². The topological polar surface area (TPSA) is 126 Å². The number of carbonyl (C=O) groups excluding carboxylic acids is 1. The highest BCUT2D eigenvalue weighted by Gasteiger charge is 2.46. The number of aliphatic hydroxyl groups is 1. The smallest absolute Gasteiger partial charge is 0.411 e. The largest absolute Gasteiger partial charge is 0.465 e. The number of primary amides is 1. The van der Waals surface area contributed by atoms with Crippen LogP contribution in [0.25, 0.3) is 11.1 Å². The van der Waals surface area contributed by atoms with Crippen LogP contribution in [0.3, 0.4) is 0 Å². The molecule has 0 radical (unpaired) electrons. The van der Waals surface area contributed by atoms with E-state index >= 15 is 0 Å². The monoisotopic (exact) mass is 573 g/mol. The molecule has 2 fully saturated rings. The third-order valence-electron chi connectivity index (χ3n) is 8.30. The highest BCUT2D eigenvalue weighted by molar-refractivity contribution is 5.70. The molecule has 4 N–H and O–H groups in total. The first-order chi connectivity index (χ1) is 20.0. The Morgan fingerprint density at radius 3 is 2.21 bits per heavy atom. The van der Waals surface area contributed by atoms with E-state index in [1.165, 1.54) is 37.8 Å². The summed E-state index contributed by atoms with van der Waals surface area (Å²) < 4.78 is 6.16. The zero-order valence-corrected chi connectivity index (χ0v) is 24.8. The van der Waals surface area contributed by atoms with E-state index < -0.39 is 17.3 Å². The van der Waals surface area contributed by atoms with Gasteiger partial charge in [-0.1, -0.05) is 79.9 Å². The molecule has 0 bridgehead atoms. The molecule has 2 heterocycles. The van der Waals surface area contributed by atoms with E-state index in [0.717, 1.165) is 22.3 Å². The quantitative estimate of drug-likeness (QED) is 0.271. The van der Waals surface area contributed by atoms with Gasteiger partial charge in [0.15, 0.2) is 0 Å². The lowest BCUT2D eigenvalue weighted by Gasteiger charge is -2.45. The number of cyclic esters (lactones) is 1. The van der Waals surface area contributed by atoms with Gasteiger partial charge in [0, 0.05) is 42.8 Å². The summed E-state index contributed by atoms with van der Waals surface area (Å²) in [6, 6.07) is 22.5. The minimum absolute atomic E-state index is 0.126. The van der Waals surface area contributed by atoms with Gasteiger partial charge in [-0.3, -0.25) is 4.98 Å². The van der Waals surface area contributed by atoms with E-state index in [0.29, 0.717) is 25.3 Å². The number of ether oxygens (including phenoxy) is 1. The van der Waals surface area contributed by atoms with Crippen LogP contribution in [-0.2, 0) is 10.3 Å². The summed E-state index contributed by atoms with van der Waals surface area (Å²) in [6.07, 6.45) is 7.76. The number of pyridine rings is 1. The summed E-state index contributed by atoms with van der Waals surface area (Å²) in [5, 5.41) is 17.8. The standard InChI is InChI=1S/C33H40N2O3.CH3NO2/c1-24(35-21-20-33(38-31(35)36,23-32(2,3)37)29-12-8-5-9-13-29)25-14-16-26(17-15-25)28-18-19-30(34-22-28)27-10-6-4-7-11-27;2-1(3)4/h5,8-9,12-19,22,24,27,37H,4,6-7,10-11,20-21,23H2,1-3H3;2H2,(H,3,4)/t24-,33-;/m0./s1. The maximum atomic E-state index is 13.3. The van der Waals surface area contributed by atoms with Crippen LogP contribution in [-0.4, -0.2) is 44.4 Å². The Morgan fingerprint density at radius 1 is 1.05 bits per heavy atom. The third-order valence-corrected chi connectivity index (χ3v) is 8.30. The Balaban J connectivity index is 0.000000952. The molecular weight excluding hydrogens is 530 g/mol. The molecule has 0 spiro atoms. The van der Waals surface area contributed by atoms with Gasteiger partial charge in [-0.05, 0) is 56.4 Å². The van der Waals surface area contributed by atoms with E-state index in [4.69, 9.17) is 19.6 Å². The van der Waals surface area contributed by atoms with Crippen molar-refractivity contribution in [2.75, 3.05) is 6.54 Å². The molecule has 1 saturated carbocycles. The van der Waals surface area contributed by atoms with Crippen LogP contribution in [0.2, 0.25) is 0 Å². The number of nitrogens with two attached hydrogens (primary N) is 1. The van der Waals surface area contributed by atoms with Crippen molar-refractivity contribution >= 4 is 12.2 Å². The summed E-state index contributed by atoms with van der Waals surface area (Å²) >= 11 is 0. The molecular formula is C34H43N3O5. The first-order valence-electron chi connectivity index (χ1n) is 14.8. The average Bonchev–Trinajstić information content (AvgIpc) is 2.97. The predicted octanol–water partition coefficient (Wildman–Crippen LogP) is 7.38. The molecule has 0 unspecified atom stereocenters. The Bertz CT molecular complexity index is 1310. The highest BCUT2D eigenvalue weighted by atomic mass is 16.6. The van der Waals surface area contributed by atoms with Crippen molar-refractivity contribution in [3.63, 3.8) is 0 Å². The molecule has 5 rings (SSSR count). The first kappa shape index (κ1) is 31.0. The maximum absolute atomic E-state index is 13.3. The van der Waals surface area contributed by atoms with Crippen molar-refractivity contribution in [2.45, 2.75) is 88.9 Å². The van der Waals surface area contributed by atoms with Gasteiger partial charge in [0.25, 0.3) is 0 Å². The molecule has 1 aliphatic carbocycles. The van der Waals surface area contributed by atoms with Gasteiger partial charge in [0.1, 0.15) is 5.60 Å². The van der Waals surface area contributed by atoms with Crippen molar-refractivity contribution in [1.29, 1.82) is 0 Å². The fourth-order valence-corrected chi connectivity index (χ4v) is 6.24. The second kappa shape index (κ2) is 13.4. The van der Waals surface area contributed by atoms with Crippen LogP contribution in [0, 0.1) is 0 Å². The zero-order chi connectivity index (χ0) is 30.3. The zero-order valence-electron chi connectivity index (χ0n) is 24.8. The first-order valence-corrected chi connectivity index (χ1v) is 14.8. The Hall–Kier alpha value is -3.91. The number of carboxylic acid groups (broad SMARTS) is 1. The molecule has 8 heteroatoms. The van der Waals surface area contributed by atoms with E-state index in [1.54, 1.807) is 18.7 Å². The SMILES string of the molecule is C[C@@H](c1ccc(-c2ccc(C3CCCCC3)nc2)cc1)N1CC[C@](CC(C)(C)O)(c2ccccc2)OC1=O.NC(=O)O. The van der Waals surface area contributed by atoms with Crippen molar-refractivity contribution in [3.8, 4) is 11.1 Å². The molecule has 224 valence electrons. The molecule has 2 aromatic carbocycles. The summed E-state index contributed by atoms with van der Waals surface area (Å²) in [5.41, 5.74) is 7.66. The molecule has 1 aliphatic heterocycles. The van der Waals surface area contributed by atoms with Crippen LogP contribution in [0.1, 0.15) is 94.5 Å². The van der Waals surface area contributed by atoms with Crippen LogP contribution >= 0.6 is 0 Å². The number of amides is 2. The minimum atomic E-state index is -1.33. The average molecular weight is 574 g/mol. The summed E-state index contributed by atoms with van der Waals surface area (Å²) in [5.74, 6) is 0.606. The molecule has 1 aromatic heterocycles. The molecule has 2 atom stereocenters. The van der Waals surface area contributed by atoms with Crippen molar-refractivity contribution in [1.82, 2.24) is 9.88 Å². The maximum Gasteiger partial charge on any atom is 0.411 e. The molecule has 42 heavy (non-hydrogen) atoms. The predicted molar refractivity (Wildman–Crippen MR) is 163 cm³/mol. The van der Waals surface area contributed by atoms with Gasteiger partial charge in [-0.25, -0.2) is 9.59 Å². The van der Waals surface area contributed by atoms with E-state index in [-0.39, 0.29) is 12.1 Å². The van der Waals surface area contributed by atoms with Gasteiger partial charge in [0.2, 0.25) is 0 Å². The fourth-order valence-electron chi connectivity index (χ4n) is 6.24. The van der Waals surface area contributed by atoms with Crippen molar-refractivity contribution in [3.05, 3.63) is 89.7 Å². The number of carbonyl (C=O) groups is 2. The second-order valence-electron chi connectivity index (χ2n) is 12.1. The number of benzene rings is 2. The lowest BCUT2D eigenvalue weighted by Crippen LogP contribution is -2.51. The van der Waals surface area contributed by atoms with Crippen LogP contribution < -0.4 is 5.73 Å². The lowest BCUT2D eigenvalue weighted by molar-refractivity contribution is -0.101. The fraction of sp³-hybridized carbons (Fsp3) is 0.441. The van der Waals surface area contributed by atoms with Gasteiger partial charge in [-0.2, -0.15) is 0 Å². The van der Waals surface area contributed by atoms with Crippen LogP contribution in [0.5, 0.6) is 0 Å². The Kier molecular flexibility index (Phi) is 9.89. The summed E-state index contributed by atoms with van der Waals surface area (Å²) in [6.45, 7) is 6.13. The molecule has 2 amide bonds. The normalized spacial score (nSPS) is 20.2. The van der Waals surface area contributed by atoms with Crippen LogP contribution in [0.4, 0.5) is 9.59 Å². The number of rotatable bonds is 7. The summed E-state index contributed by atoms with van der Waals surface area (Å²) in [7, 11) is 0. The highest BCUT2D eigenvalue weighted by Crippen LogP contribution is 2.42. The number of nitrogens with zero attached hydrogens (tertiary/aromatic N) is 2. The van der Waals surface area contributed by atoms with E-state index in [1.807, 2.05) is 43.5 Å². The van der Waals surface area contributed by atoms with E-state index in [2.05, 4.69) is 42.1 Å².